The maximum atomic E-state index is 12.4. The predicted molar refractivity (Wildman–Crippen MR) is 112 cm³/mol. The largest absolute Gasteiger partial charge is 0.440 e. The summed E-state index contributed by atoms with van der Waals surface area (Å²) in [4.78, 5) is 38.6. The van der Waals surface area contributed by atoms with Gasteiger partial charge in [0.15, 0.2) is 0 Å². The minimum atomic E-state index is -0.660. The van der Waals surface area contributed by atoms with E-state index in [9.17, 15) is 14.4 Å². The molecule has 3 heterocycles. The average Bonchev–Trinajstić information content (AvgIpc) is 3.36. The van der Waals surface area contributed by atoms with Gasteiger partial charge < -0.3 is 4.42 Å². The van der Waals surface area contributed by atoms with Crippen LogP contribution in [0.4, 0.5) is 4.79 Å². The number of hydrogen-bond donors (Lipinski definition) is 0. The molecule has 7 heteroatoms. The van der Waals surface area contributed by atoms with Crippen LogP contribution in [0.3, 0.4) is 0 Å². The quantitative estimate of drug-likeness (QED) is 0.379. The fourth-order valence-electron chi connectivity index (χ4n) is 3.82. The number of para-hydroxylation sites is 2. The lowest BCUT2D eigenvalue weighted by molar-refractivity contribution is -0.134. The molecule has 4 aromatic rings. The first kappa shape index (κ1) is 17.9. The number of carbonyl (C=O) groups is 3. The van der Waals surface area contributed by atoms with E-state index in [2.05, 4.69) is 12.1 Å². The van der Waals surface area contributed by atoms with Gasteiger partial charge >= 0.3 is 6.03 Å². The molecule has 1 aliphatic rings. The Kier molecular flexibility index (Phi) is 3.86. The predicted octanol–water partition coefficient (Wildman–Crippen LogP) is 3.81. The summed E-state index contributed by atoms with van der Waals surface area (Å²) in [6, 6.07) is 18.9. The number of benzene rings is 2. The fourth-order valence-corrected chi connectivity index (χ4v) is 3.82. The highest BCUT2D eigenvalue weighted by molar-refractivity contribution is 6.30. The average molecular weight is 399 g/mol. The second-order valence-electron chi connectivity index (χ2n) is 7.11. The van der Waals surface area contributed by atoms with Crippen LogP contribution in [0, 0.1) is 0 Å². The molecule has 2 aromatic heterocycles. The second-order valence-corrected chi connectivity index (χ2v) is 7.11. The van der Waals surface area contributed by atoms with Gasteiger partial charge in [0.2, 0.25) is 5.88 Å². The third-order valence-electron chi connectivity index (χ3n) is 5.34. The molecule has 1 aliphatic heterocycles. The summed E-state index contributed by atoms with van der Waals surface area (Å²) in [7, 11) is 2.68. The van der Waals surface area contributed by atoms with Gasteiger partial charge in [-0.2, -0.15) is 0 Å². The third kappa shape index (κ3) is 2.49. The van der Waals surface area contributed by atoms with Crippen molar-refractivity contribution in [1.82, 2.24) is 14.4 Å². The van der Waals surface area contributed by atoms with Crippen molar-refractivity contribution in [2.45, 2.75) is 0 Å². The molecule has 0 aliphatic carbocycles. The summed E-state index contributed by atoms with van der Waals surface area (Å²) in [6.45, 7) is 0. The van der Waals surface area contributed by atoms with Crippen molar-refractivity contribution in [3.05, 3.63) is 72.0 Å². The normalized spacial score (nSPS) is 15.0. The van der Waals surface area contributed by atoms with E-state index in [1.54, 1.807) is 12.1 Å². The van der Waals surface area contributed by atoms with Crippen molar-refractivity contribution in [3.8, 4) is 5.88 Å². The maximum Gasteiger partial charge on any atom is 0.333 e. The SMILES string of the molecule is CN1C(=O)C(=Cc2ccc(-n3c4ccccc4c4ccccc43)o2)C(=O)N(C)C1=O. The van der Waals surface area contributed by atoms with Crippen molar-refractivity contribution >= 4 is 45.7 Å². The van der Waals surface area contributed by atoms with Crippen LogP contribution in [-0.4, -0.2) is 46.3 Å². The summed E-state index contributed by atoms with van der Waals surface area (Å²) in [5.74, 6) is -0.400. The molecule has 2 aromatic carbocycles. The molecule has 148 valence electrons. The standard InChI is InChI=1S/C23H17N3O4/c1-24-21(27)17(22(28)25(2)23(24)29)13-14-11-12-20(30-14)26-18-9-5-3-7-15(18)16-8-4-6-10-19(16)26/h3-13H,1-2H3. The van der Waals surface area contributed by atoms with Crippen LogP contribution in [0.1, 0.15) is 5.76 Å². The van der Waals surface area contributed by atoms with Gasteiger partial charge in [-0.25, -0.2) is 4.79 Å². The third-order valence-corrected chi connectivity index (χ3v) is 5.34. The summed E-state index contributed by atoms with van der Waals surface area (Å²) in [5.41, 5.74) is 1.85. The Balaban J connectivity index is 1.64. The van der Waals surface area contributed by atoms with Crippen LogP contribution < -0.4 is 0 Å². The lowest BCUT2D eigenvalue weighted by atomic mass is 10.1. The summed E-state index contributed by atoms with van der Waals surface area (Å²) in [5, 5.41) is 2.20. The molecule has 0 atom stereocenters. The van der Waals surface area contributed by atoms with Crippen molar-refractivity contribution in [1.29, 1.82) is 0 Å². The number of urea groups is 1. The number of amides is 4. The molecule has 1 saturated heterocycles. The first-order valence-corrected chi connectivity index (χ1v) is 9.37. The molecule has 4 amide bonds. The van der Waals surface area contributed by atoms with Gasteiger partial charge in [0.1, 0.15) is 11.3 Å². The highest BCUT2D eigenvalue weighted by atomic mass is 16.4. The molecule has 1 fully saturated rings. The number of fused-ring (bicyclic) bond motifs is 3. The molecule has 0 spiro atoms. The van der Waals surface area contributed by atoms with Gasteiger partial charge in [-0.1, -0.05) is 36.4 Å². The molecule has 0 radical (unpaired) electrons. The molecule has 0 saturated carbocycles. The minimum Gasteiger partial charge on any atom is -0.440 e. The van der Waals surface area contributed by atoms with E-state index in [1.165, 1.54) is 20.2 Å². The Hall–Kier alpha value is -4.13. The maximum absolute atomic E-state index is 12.4. The van der Waals surface area contributed by atoms with E-state index in [0.717, 1.165) is 31.6 Å². The number of barbiturate groups is 1. The van der Waals surface area contributed by atoms with Crippen LogP contribution in [0.5, 0.6) is 0 Å². The topological polar surface area (TPSA) is 75.8 Å². The number of imide groups is 2. The Morgan fingerprint density at radius 1 is 0.733 bits per heavy atom. The zero-order chi connectivity index (χ0) is 21.0. The Labute approximate surface area is 171 Å². The van der Waals surface area contributed by atoms with Crippen LogP contribution in [0.2, 0.25) is 0 Å². The number of furan rings is 1. The van der Waals surface area contributed by atoms with Crippen molar-refractivity contribution in [2.24, 2.45) is 0 Å². The molecular weight excluding hydrogens is 382 g/mol. The van der Waals surface area contributed by atoms with Crippen molar-refractivity contribution < 1.29 is 18.8 Å². The number of likely N-dealkylation sites (N-methyl/N-ethyl adjacent to an activating group) is 2. The molecule has 0 N–H and O–H groups in total. The van der Waals surface area contributed by atoms with Crippen molar-refractivity contribution in [3.63, 3.8) is 0 Å². The van der Waals surface area contributed by atoms with E-state index in [1.807, 2.05) is 41.0 Å². The molecule has 7 nitrogen and oxygen atoms in total. The zero-order valence-corrected chi connectivity index (χ0v) is 16.3. The Morgan fingerprint density at radius 3 is 1.83 bits per heavy atom. The smallest absolute Gasteiger partial charge is 0.333 e. The van der Waals surface area contributed by atoms with E-state index in [4.69, 9.17) is 4.42 Å². The molecule has 0 unspecified atom stereocenters. The van der Waals surface area contributed by atoms with Gasteiger partial charge in [0.05, 0.1) is 11.0 Å². The zero-order valence-electron chi connectivity index (χ0n) is 16.3. The fraction of sp³-hybridized carbons (Fsp3) is 0.0870. The van der Waals surface area contributed by atoms with Crippen LogP contribution >= 0.6 is 0 Å². The van der Waals surface area contributed by atoms with Gasteiger partial charge in [-0.05, 0) is 24.3 Å². The van der Waals surface area contributed by atoms with E-state index in [-0.39, 0.29) is 5.57 Å². The molecule has 0 bridgehead atoms. The van der Waals surface area contributed by atoms with Crippen LogP contribution in [-0.2, 0) is 9.59 Å². The first-order valence-electron chi connectivity index (χ1n) is 9.37. The van der Waals surface area contributed by atoms with Gasteiger partial charge in [-0.15, -0.1) is 0 Å². The van der Waals surface area contributed by atoms with Gasteiger partial charge in [-0.3, -0.25) is 24.0 Å². The van der Waals surface area contributed by atoms with E-state index < -0.39 is 17.8 Å². The first-order chi connectivity index (χ1) is 14.5. The van der Waals surface area contributed by atoms with E-state index in [0.29, 0.717) is 11.6 Å². The van der Waals surface area contributed by atoms with Gasteiger partial charge in [0, 0.05) is 30.9 Å². The summed E-state index contributed by atoms with van der Waals surface area (Å²) < 4.78 is 8.00. The van der Waals surface area contributed by atoms with Crippen LogP contribution in [0.25, 0.3) is 33.8 Å². The summed E-state index contributed by atoms with van der Waals surface area (Å²) in [6.07, 6.45) is 1.38. The van der Waals surface area contributed by atoms with E-state index >= 15 is 0 Å². The number of carbonyl (C=O) groups excluding carboxylic acids is 3. The number of nitrogens with zero attached hydrogens (tertiary/aromatic N) is 3. The Morgan fingerprint density at radius 2 is 1.27 bits per heavy atom. The molecule has 30 heavy (non-hydrogen) atoms. The monoisotopic (exact) mass is 399 g/mol. The van der Waals surface area contributed by atoms with Crippen molar-refractivity contribution in [2.75, 3.05) is 14.1 Å². The van der Waals surface area contributed by atoms with Crippen LogP contribution in [0.15, 0.2) is 70.7 Å². The minimum absolute atomic E-state index is 0.122. The highest BCUT2D eigenvalue weighted by Gasteiger charge is 2.38. The lowest BCUT2D eigenvalue weighted by Gasteiger charge is -2.28. The second kappa shape index (κ2) is 6.45. The summed E-state index contributed by atoms with van der Waals surface area (Å²) >= 11 is 0. The number of rotatable bonds is 2. The van der Waals surface area contributed by atoms with Gasteiger partial charge in [0.25, 0.3) is 11.8 Å². The highest BCUT2D eigenvalue weighted by Crippen LogP contribution is 2.32. The number of aromatic nitrogens is 1. The molecule has 5 rings (SSSR count). The Bertz CT molecular complexity index is 1310. The number of hydrogen-bond acceptors (Lipinski definition) is 4. The molecular formula is C23H17N3O4. The lowest BCUT2D eigenvalue weighted by Crippen LogP contribution is -2.52.